The number of aromatic nitrogens is 2. The minimum atomic E-state index is -3.98. The Balaban J connectivity index is 1.84. The second kappa shape index (κ2) is 19.7. The number of phosphoric ester groups is 1. The van der Waals surface area contributed by atoms with Crippen molar-refractivity contribution in [2.75, 3.05) is 25.6 Å². The van der Waals surface area contributed by atoms with E-state index in [1.54, 1.807) is 0 Å². The van der Waals surface area contributed by atoms with Gasteiger partial charge in [-0.25, -0.2) is 18.1 Å². The van der Waals surface area contributed by atoms with Crippen molar-refractivity contribution in [2.24, 2.45) is 0 Å². The number of unbranched alkanes of at least 4 members (excludes halogenated alkanes) is 14. The molecule has 0 amide bonds. The molecule has 0 bridgehead atoms. The van der Waals surface area contributed by atoms with Gasteiger partial charge in [0.1, 0.15) is 5.82 Å². The molecule has 238 valence electrons. The molecule has 2 rings (SSSR count). The summed E-state index contributed by atoms with van der Waals surface area (Å²) in [5, 5.41) is 0. The average molecular weight is 608 g/mol. The summed E-state index contributed by atoms with van der Waals surface area (Å²) in [7, 11) is -3.98. The summed E-state index contributed by atoms with van der Waals surface area (Å²) < 4.78 is 65.8. The second-order valence-electron chi connectivity index (χ2n) is 11.0. The van der Waals surface area contributed by atoms with E-state index in [4.69, 9.17) is 24.0 Å². The van der Waals surface area contributed by atoms with Gasteiger partial charge in [-0.05, 0) is 18.9 Å². The van der Waals surface area contributed by atoms with Crippen LogP contribution in [0.1, 0.15) is 129 Å². The van der Waals surface area contributed by atoms with Gasteiger partial charge in [0, 0.05) is 12.6 Å². The van der Waals surface area contributed by atoms with Crippen LogP contribution < -0.4 is 11.4 Å². The molecule has 0 unspecified atom stereocenters. The summed E-state index contributed by atoms with van der Waals surface area (Å²) in [6.07, 6.45) is 15.0. The van der Waals surface area contributed by atoms with Gasteiger partial charge in [-0.1, -0.05) is 104 Å². The number of nitrogens with two attached hydrogens (primary N) is 1. The lowest BCUT2D eigenvalue weighted by Gasteiger charge is -2.21. The van der Waals surface area contributed by atoms with Gasteiger partial charge in [0.05, 0.1) is 25.9 Å². The van der Waals surface area contributed by atoms with Gasteiger partial charge in [-0.15, -0.1) is 0 Å². The molecule has 2 atom stereocenters. The number of phosphoric acid groups is 1. The van der Waals surface area contributed by atoms with Crippen LogP contribution in [-0.4, -0.2) is 41.4 Å². The van der Waals surface area contributed by atoms with Crippen molar-refractivity contribution in [1.82, 2.24) is 9.55 Å². The normalized spacial score (nSPS) is 18.7. The van der Waals surface area contributed by atoms with E-state index in [2.05, 4.69) is 18.8 Å². The predicted molar refractivity (Wildman–Crippen MR) is 157 cm³/mol. The number of ether oxygens (including phenoxy) is 1. The van der Waals surface area contributed by atoms with Gasteiger partial charge in [-0.2, -0.15) is 4.98 Å². The summed E-state index contributed by atoms with van der Waals surface area (Å²) >= 11 is 0. The van der Waals surface area contributed by atoms with Crippen molar-refractivity contribution < 1.29 is 31.7 Å². The Bertz CT molecular complexity index is 925. The summed E-state index contributed by atoms with van der Waals surface area (Å²) in [6, 6.07) is 1.25. The molecule has 0 spiro atoms. The Kier molecular flexibility index (Phi) is 17.2. The molecule has 0 radical (unpaired) electrons. The maximum atomic E-state index is 14.8. The predicted octanol–water partition coefficient (Wildman–Crippen LogP) is 8.19. The highest BCUT2D eigenvalue weighted by molar-refractivity contribution is 7.48. The number of halogens is 2. The molecule has 1 saturated heterocycles. The van der Waals surface area contributed by atoms with Crippen LogP contribution in [0.25, 0.3) is 0 Å². The van der Waals surface area contributed by atoms with Crippen LogP contribution in [0.4, 0.5) is 14.6 Å². The van der Waals surface area contributed by atoms with Gasteiger partial charge in [0.25, 0.3) is 5.92 Å². The molecule has 41 heavy (non-hydrogen) atoms. The number of hydrogen-bond acceptors (Lipinski definition) is 8. The highest BCUT2D eigenvalue weighted by Crippen LogP contribution is 2.51. The number of nitrogens with zero attached hydrogens (tertiary/aromatic N) is 2. The summed E-state index contributed by atoms with van der Waals surface area (Å²) in [5.74, 6) is -3.44. The summed E-state index contributed by atoms with van der Waals surface area (Å²) in [6.45, 7) is 4.35. The zero-order chi connectivity index (χ0) is 30.0. The highest BCUT2D eigenvalue weighted by Gasteiger charge is 2.52. The molecule has 0 aromatic carbocycles. The first kappa shape index (κ1) is 35.8. The lowest BCUT2D eigenvalue weighted by Crippen LogP contribution is -2.35. The fraction of sp³-hybridized carbons (Fsp3) is 0.862. The van der Waals surface area contributed by atoms with E-state index >= 15 is 0 Å². The zero-order valence-electron chi connectivity index (χ0n) is 25.1. The number of nitrogen functional groups attached to an aromatic ring is 1. The molecule has 0 aliphatic carbocycles. The topological polar surface area (TPSA) is 115 Å². The van der Waals surface area contributed by atoms with E-state index in [0.29, 0.717) is 17.4 Å². The van der Waals surface area contributed by atoms with Crippen molar-refractivity contribution in [1.29, 1.82) is 0 Å². The summed E-state index contributed by atoms with van der Waals surface area (Å²) in [5.41, 5.74) is 4.53. The number of hydrogen-bond donors (Lipinski definition) is 1. The first-order valence-electron chi connectivity index (χ1n) is 15.6. The lowest BCUT2D eigenvalue weighted by atomic mass is 10.1. The molecule has 1 aromatic rings. The highest BCUT2D eigenvalue weighted by atomic mass is 31.2. The van der Waals surface area contributed by atoms with Crippen molar-refractivity contribution in [3.8, 4) is 0 Å². The van der Waals surface area contributed by atoms with E-state index in [0.717, 1.165) is 44.7 Å². The van der Waals surface area contributed by atoms with Gasteiger partial charge in [0.15, 0.2) is 0 Å². The molecule has 12 heteroatoms. The Hall–Kier alpha value is -1.39. The standard InChI is InChI=1S/C29H52F2N3O6P/c1-3-5-7-9-11-13-15-17-21-37-41(36,38-22-18-16-14-12-10-8-6-4-2)39-24-25-23-29(30,31)27(40-25)34-20-19-26(32)33-28(34)35/h19-20,25,27H,3-18,21-24H2,1-2H3,(H2,32,33,35)/t25-,27+/m0/s1. The second-order valence-corrected chi connectivity index (χ2v) is 12.6. The third-order valence-electron chi connectivity index (χ3n) is 7.20. The van der Waals surface area contributed by atoms with Crippen molar-refractivity contribution >= 4 is 13.6 Å². The molecule has 1 aliphatic heterocycles. The molecule has 2 N–H and O–H groups in total. The quantitative estimate of drug-likeness (QED) is 0.0924. The molecule has 1 aliphatic rings. The third-order valence-corrected chi connectivity index (χ3v) is 8.66. The molecule has 1 fully saturated rings. The van der Waals surface area contributed by atoms with E-state index < -0.39 is 44.8 Å². The molecule has 2 heterocycles. The SMILES string of the molecule is CCCCCCCCCCOP(=O)(OCCCCCCCCCC)OC[C@@H]1CC(F)(F)[C@H](n2ccc(N)nc2=O)O1. The van der Waals surface area contributed by atoms with Crippen LogP contribution in [-0.2, 0) is 22.9 Å². The first-order valence-corrected chi connectivity index (χ1v) is 17.1. The van der Waals surface area contributed by atoms with Gasteiger partial charge < -0.3 is 10.5 Å². The average Bonchev–Trinajstić information content (AvgIpc) is 3.24. The molecular formula is C29H52F2N3O6P. The van der Waals surface area contributed by atoms with E-state index in [9.17, 15) is 18.1 Å². The van der Waals surface area contributed by atoms with Gasteiger partial charge in [0.2, 0.25) is 6.23 Å². The fourth-order valence-electron chi connectivity index (χ4n) is 4.82. The zero-order valence-corrected chi connectivity index (χ0v) is 26.0. The molecular weight excluding hydrogens is 555 g/mol. The smallest absolute Gasteiger partial charge is 0.383 e. The Morgan fingerprint density at radius 3 is 1.88 bits per heavy atom. The largest absolute Gasteiger partial charge is 0.474 e. The van der Waals surface area contributed by atoms with Crippen LogP contribution in [0.15, 0.2) is 17.1 Å². The third kappa shape index (κ3) is 14.1. The number of anilines is 1. The fourth-order valence-corrected chi connectivity index (χ4v) is 6.09. The minimum absolute atomic E-state index is 0.0735. The Morgan fingerprint density at radius 1 is 0.902 bits per heavy atom. The van der Waals surface area contributed by atoms with Crippen molar-refractivity contribution in [2.45, 2.75) is 141 Å². The van der Waals surface area contributed by atoms with Gasteiger partial charge >= 0.3 is 13.5 Å². The first-order chi connectivity index (χ1) is 19.7. The number of rotatable bonds is 24. The minimum Gasteiger partial charge on any atom is -0.383 e. The van der Waals surface area contributed by atoms with Crippen LogP contribution in [0, 0.1) is 0 Å². The van der Waals surface area contributed by atoms with E-state index in [1.807, 2.05) is 0 Å². The molecule has 9 nitrogen and oxygen atoms in total. The Labute approximate surface area is 244 Å². The monoisotopic (exact) mass is 607 g/mol. The van der Waals surface area contributed by atoms with Crippen LogP contribution in [0.5, 0.6) is 0 Å². The molecule has 1 aromatic heterocycles. The Morgan fingerprint density at radius 2 is 1.39 bits per heavy atom. The van der Waals surface area contributed by atoms with E-state index in [-0.39, 0.29) is 19.0 Å². The van der Waals surface area contributed by atoms with Gasteiger partial charge in [-0.3, -0.25) is 18.1 Å². The maximum Gasteiger partial charge on any atom is 0.474 e. The maximum absolute atomic E-state index is 14.8. The summed E-state index contributed by atoms with van der Waals surface area (Å²) in [4.78, 5) is 15.6. The van der Waals surface area contributed by atoms with Crippen molar-refractivity contribution in [3.05, 3.63) is 22.7 Å². The number of alkyl halides is 2. The van der Waals surface area contributed by atoms with Crippen LogP contribution in [0.2, 0.25) is 0 Å². The van der Waals surface area contributed by atoms with E-state index in [1.165, 1.54) is 57.4 Å². The van der Waals surface area contributed by atoms with Crippen LogP contribution >= 0.6 is 7.82 Å². The lowest BCUT2D eigenvalue weighted by molar-refractivity contribution is -0.120. The van der Waals surface area contributed by atoms with Crippen molar-refractivity contribution in [3.63, 3.8) is 0 Å². The molecule has 0 saturated carbocycles. The van der Waals surface area contributed by atoms with Crippen LogP contribution in [0.3, 0.4) is 0 Å².